The molecule has 1 aliphatic heterocycles. The van der Waals surface area contributed by atoms with Crippen molar-refractivity contribution < 1.29 is 41.8 Å². The topological polar surface area (TPSA) is 123 Å². The van der Waals surface area contributed by atoms with E-state index in [0.29, 0.717) is 76.0 Å². The minimum absolute atomic E-state index is 0.0572. The number of hydrogen-bond acceptors (Lipinski definition) is 6. The van der Waals surface area contributed by atoms with Crippen LogP contribution in [-0.2, 0) is 28.7 Å². The zero-order valence-electron chi connectivity index (χ0n) is 37.8. The lowest BCUT2D eigenvalue weighted by Gasteiger charge is -2.35. The summed E-state index contributed by atoms with van der Waals surface area (Å²) in [6, 6.07) is 10.5. The van der Waals surface area contributed by atoms with Gasteiger partial charge in [0, 0.05) is 81.3 Å². The maximum absolute atomic E-state index is 13.7. The Bertz CT molecular complexity index is 2250. The van der Waals surface area contributed by atoms with Crippen molar-refractivity contribution in [3.05, 3.63) is 59.2 Å². The predicted molar refractivity (Wildman–Crippen MR) is 231 cm³/mol. The number of aromatic carboxylic acids is 1. The fraction of sp³-hybridized carbons (Fsp3) is 0.638. The highest BCUT2D eigenvalue weighted by Gasteiger charge is 2.37. The van der Waals surface area contributed by atoms with Crippen molar-refractivity contribution in [1.29, 1.82) is 0 Å². The van der Waals surface area contributed by atoms with E-state index >= 15 is 0 Å². The van der Waals surface area contributed by atoms with Crippen molar-refractivity contribution in [3.63, 3.8) is 0 Å². The number of benzene rings is 2. The first-order chi connectivity index (χ1) is 28.7. The third-order valence-electron chi connectivity index (χ3n) is 12.1. The molecule has 0 radical (unpaired) electrons. The molecule has 3 fully saturated rings. The van der Waals surface area contributed by atoms with E-state index in [1.165, 1.54) is 0 Å². The fourth-order valence-electron chi connectivity index (χ4n) is 8.72. The standard InChI is InChI=1S/C28H40F2N4O3.C19H24F2N2O2/c1-26(2,3)24-31-21-17-20(7-8-22(21)34(24)18-19-9-11-28(29,30)12-10-19)23(35)32-13-15-33(16-14-32)25(36)37-27(4,5)6;1-18(2,3)17-22-14-10-13(16(24)25)4-5-15(14)23(17)11-12-6-8-19(20,21)9-7-12/h7-8,17,19H,9-16,18H2,1-6H3;4-5,10,12H,6-9,11H2,1-3H3,(H,24,25). The molecule has 2 amide bonds. The van der Waals surface area contributed by atoms with E-state index in [1.807, 2.05) is 39.0 Å². The number of amides is 2. The molecule has 0 spiro atoms. The number of nitrogens with zero attached hydrogens (tertiary/aromatic N) is 6. The number of carboxylic acids is 1. The van der Waals surface area contributed by atoms with E-state index in [0.717, 1.165) is 28.2 Å². The van der Waals surface area contributed by atoms with Crippen LogP contribution in [0.1, 0.15) is 146 Å². The fourth-order valence-corrected chi connectivity index (χ4v) is 8.72. The molecule has 4 aromatic rings. The van der Waals surface area contributed by atoms with Gasteiger partial charge in [-0.1, -0.05) is 41.5 Å². The minimum atomic E-state index is -2.55. The van der Waals surface area contributed by atoms with Gasteiger partial charge in [-0.2, -0.15) is 0 Å². The molecular formula is C47H64F4N6O5. The molecule has 3 heterocycles. The van der Waals surface area contributed by atoms with E-state index in [9.17, 15) is 37.1 Å². The SMILES string of the molecule is CC(C)(C)OC(=O)N1CCN(C(=O)c2ccc3c(c2)nc(C(C)(C)C)n3CC2CCC(F)(F)CC2)CC1.CC(C)(C)c1nc2cc(C(=O)O)ccc2n1CC1CCC(F)(F)CC1. The Kier molecular flexibility index (Phi) is 13.2. The molecule has 7 rings (SSSR count). The van der Waals surface area contributed by atoms with Crippen molar-refractivity contribution in [2.75, 3.05) is 26.2 Å². The van der Waals surface area contributed by atoms with Crippen LogP contribution in [0.4, 0.5) is 22.4 Å². The first kappa shape index (κ1) is 46.8. The number of carbonyl (C=O) groups excluding carboxylic acids is 2. The number of imidazole rings is 2. The predicted octanol–water partition coefficient (Wildman–Crippen LogP) is 10.7. The molecule has 0 atom stereocenters. The van der Waals surface area contributed by atoms with Crippen LogP contribution >= 0.6 is 0 Å². The van der Waals surface area contributed by atoms with Crippen molar-refractivity contribution in [2.45, 2.75) is 155 Å². The Labute approximate surface area is 362 Å². The molecule has 0 unspecified atom stereocenters. The van der Waals surface area contributed by atoms with Gasteiger partial charge in [0.25, 0.3) is 5.91 Å². The summed E-state index contributed by atoms with van der Waals surface area (Å²) in [6.07, 6.45) is 1.42. The van der Waals surface area contributed by atoms with Crippen LogP contribution in [0.25, 0.3) is 22.1 Å². The van der Waals surface area contributed by atoms with Gasteiger partial charge in [0.15, 0.2) is 0 Å². The zero-order valence-corrected chi connectivity index (χ0v) is 37.8. The van der Waals surface area contributed by atoms with Crippen molar-refractivity contribution in [3.8, 4) is 0 Å². The van der Waals surface area contributed by atoms with Gasteiger partial charge in [-0.25, -0.2) is 37.1 Å². The first-order valence-electron chi connectivity index (χ1n) is 22.0. The van der Waals surface area contributed by atoms with E-state index in [-0.39, 0.29) is 65.9 Å². The highest BCUT2D eigenvalue weighted by atomic mass is 19.3. The van der Waals surface area contributed by atoms with Crippen molar-refractivity contribution in [2.24, 2.45) is 11.8 Å². The average molecular weight is 869 g/mol. The van der Waals surface area contributed by atoms with E-state index in [2.05, 4.69) is 55.7 Å². The monoisotopic (exact) mass is 868 g/mol. The number of piperazine rings is 1. The first-order valence-corrected chi connectivity index (χ1v) is 22.0. The van der Waals surface area contributed by atoms with E-state index < -0.39 is 23.4 Å². The summed E-state index contributed by atoms with van der Waals surface area (Å²) < 4.78 is 63.9. The summed E-state index contributed by atoms with van der Waals surface area (Å²) in [5.41, 5.74) is 2.92. The van der Waals surface area contributed by atoms with Crippen molar-refractivity contribution >= 4 is 40.0 Å². The van der Waals surface area contributed by atoms with Gasteiger partial charge >= 0.3 is 12.1 Å². The number of halogens is 4. The number of carbonyl (C=O) groups is 3. The number of fused-ring (bicyclic) bond motifs is 2. The molecule has 1 N–H and O–H groups in total. The molecule has 2 aromatic carbocycles. The van der Waals surface area contributed by atoms with Gasteiger partial charge in [-0.15, -0.1) is 0 Å². The van der Waals surface area contributed by atoms with Gasteiger partial charge < -0.3 is 28.8 Å². The maximum Gasteiger partial charge on any atom is 0.410 e. The van der Waals surface area contributed by atoms with Crippen LogP contribution in [0.15, 0.2) is 36.4 Å². The molecule has 2 aliphatic carbocycles. The quantitative estimate of drug-likeness (QED) is 0.191. The molecule has 62 heavy (non-hydrogen) atoms. The lowest BCUT2D eigenvalue weighted by atomic mass is 9.86. The molecule has 11 nitrogen and oxygen atoms in total. The Morgan fingerprint density at radius 3 is 1.42 bits per heavy atom. The van der Waals surface area contributed by atoms with Crippen LogP contribution < -0.4 is 0 Å². The second-order valence-electron chi connectivity index (χ2n) is 20.7. The normalized spacial score (nSPS) is 19.0. The lowest BCUT2D eigenvalue weighted by molar-refractivity contribution is -0.0478. The summed E-state index contributed by atoms with van der Waals surface area (Å²) in [5.74, 6) is -4.02. The third kappa shape index (κ3) is 11.3. The lowest BCUT2D eigenvalue weighted by Crippen LogP contribution is -2.51. The van der Waals surface area contributed by atoms with Gasteiger partial charge in [0.1, 0.15) is 17.2 Å². The number of aromatic nitrogens is 4. The van der Waals surface area contributed by atoms with Crippen LogP contribution in [0.2, 0.25) is 0 Å². The van der Waals surface area contributed by atoms with Crippen LogP contribution in [-0.4, -0.2) is 95.6 Å². The summed E-state index contributed by atoms with van der Waals surface area (Å²) in [6.45, 7) is 21.0. The summed E-state index contributed by atoms with van der Waals surface area (Å²) in [4.78, 5) is 49.8. The van der Waals surface area contributed by atoms with Gasteiger partial charge in [0.2, 0.25) is 11.8 Å². The smallest absolute Gasteiger partial charge is 0.410 e. The summed E-state index contributed by atoms with van der Waals surface area (Å²) >= 11 is 0. The Morgan fingerprint density at radius 1 is 0.645 bits per heavy atom. The number of carboxylic acid groups (broad SMARTS) is 1. The third-order valence-corrected chi connectivity index (χ3v) is 12.1. The van der Waals surface area contributed by atoms with Crippen molar-refractivity contribution in [1.82, 2.24) is 28.9 Å². The maximum atomic E-state index is 13.7. The number of hydrogen-bond donors (Lipinski definition) is 1. The number of rotatable bonds is 6. The molecule has 15 heteroatoms. The van der Waals surface area contributed by atoms with Crippen LogP contribution in [0, 0.1) is 11.8 Å². The average Bonchev–Trinajstić information content (AvgIpc) is 3.74. The number of alkyl halides is 4. The zero-order chi connectivity index (χ0) is 45.6. The Morgan fingerprint density at radius 2 is 1.03 bits per heavy atom. The highest BCUT2D eigenvalue weighted by Crippen LogP contribution is 2.40. The molecule has 340 valence electrons. The Hall–Kier alpha value is -4.69. The van der Waals surface area contributed by atoms with Gasteiger partial charge in [-0.05, 0) is 94.7 Å². The molecule has 1 saturated heterocycles. The van der Waals surface area contributed by atoms with Crippen LogP contribution in [0.3, 0.4) is 0 Å². The van der Waals surface area contributed by atoms with E-state index in [4.69, 9.17) is 9.72 Å². The minimum Gasteiger partial charge on any atom is -0.478 e. The summed E-state index contributed by atoms with van der Waals surface area (Å²) in [5, 5.41) is 9.18. The molecular weight excluding hydrogens is 805 g/mol. The molecule has 0 bridgehead atoms. The largest absolute Gasteiger partial charge is 0.478 e. The molecule has 2 saturated carbocycles. The van der Waals surface area contributed by atoms with Gasteiger partial charge in [0.05, 0.1) is 27.6 Å². The molecule has 2 aromatic heterocycles. The van der Waals surface area contributed by atoms with E-state index in [1.54, 1.807) is 28.0 Å². The van der Waals surface area contributed by atoms with Crippen LogP contribution in [0.5, 0.6) is 0 Å². The van der Waals surface area contributed by atoms with Gasteiger partial charge in [-0.3, -0.25) is 4.79 Å². The summed E-state index contributed by atoms with van der Waals surface area (Å²) in [7, 11) is 0. The molecule has 3 aliphatic rings. The number of ether oxygens (including phenoxy) is 1. The highest BCUT2D eigenvalue weighted by molar-refractivity contribution is 5.97. The second kappa shape index (κ2) is 17.5. The second-order valence-corrected chi connectivity index (χ2v) is 20.7. The Balaban J connectivity index is 0.000000223.